The van der Waals surface area contributed by atoms with Crippen LogP contribution in [0.5, 0.6) is 5.75 Å². The van der Waals surface area contributed by atoms with Gasteiger partial charge in [0.15, 0.2) is 0 Å². The van der Waals surface area contributed by atoms with Crippen LogP contribution in [-0.4, -0.2) is 87.3 Å². The average Bonchev–Trinajstić information content (AvgIpc) is 2.90. The lowest BCUT2D eigenvalue weighted by molar-refractivity contribution is 0.0527. The summed E-state index contributed by atoms with van der Waals surface area (Å²) >= 11 is 12.8. The molecule has 3 aromatic rings. The normalized spacial score (nSPS) is 14.2. The number of likely N-dealkylation sites (N-methyl/N-ethyl adjacent to an activating group) is 1. The SMILES string of the molecule is CCOC(=O)c1cnc2cc(OCC)c(N3CCN(CCN(C)C)CC3)cc2c1Nc1cccc(Cl)c1Cl. The number of anilines is 3. The Morgan fingerprint density at radius 3 is 2.55 bits per heavy atom. The summed E-state index contributed by atoms with van der Waals surface area (Å²) in [6.45, 7) is 10.3. The Labute approximate surface area is 234 Å². The molecule has 1 saturated heterocycles. The number of hydrogen-bond acceptors (Lipinski definition) is 8. The zero-order valence-corrected chi connectivity index (χ0v) is 23.9. The van der Waals surface area contributed by atoms with E-state index in [1.807, 2.05) is 25.1 Å². The molecule has 4 rings (SSSR count). The van der Waals surface area contributed by atoms with Crippen molar-refractivity contribution in [2.45, 2.75) is 13.8 Å². The number of carbonyl (C=O) groups is 1. The molecule has 0 unspecified atom stereocenters. The van der Waals surface area contributed by atoms with Crippen LogP contribution in [0, 0.1) is 0 Å². The number of benzene rings is 2. The van der Waals surface area contributed by atoms with Crippen LogP contribution in [0.4, 0.5) is 17.1 Å². The van der Waals surface area contributed by atoms with Gasteiger partial charge in [0.05, 0.1) is 45.8 Å². The molecule has 1 N–H and O–H groups in total. The number of fused-ring (bicyclic) bond motifs is 1. The lowest BCUT2D eigenvalue weighted by atomic mass is 10.1. The standard InChI is InChI=1S/C28H35Cl2N5O3/c1-5-37-25-17-23-19(16-24(25)35-14-12-34(13-15-35)11-10-33(3)4)27(20(18-31-23)28(36)38-6-2)32-22-9-7-8-21(29)26(22)30/h7-9,16-18H,5-6,10-15H2,1-4H3,(H,31,32). The predicted octanol–water partition coefficient (Wildman–Crippen LogP) is 5.54. The minimum atomic E-state index is -0.465. The van der Waals surface area contributed by atoms with E-state index in [0.717, 1.165) is 56.1 Å². The fourth-order valence-corrected chi connectivity index (χ4v) is 4.86. The second kappa shape index (κ2) is 12.8. The monoisotopic (exact) mass is 559 g/mol. The molecule has 2 aromatic carbocycles. The van der Waals surface area contributed by atoms with Crippen molar-refractivity contribution in [2.75, 3.05) is 76.8 Å². The number of ether oxygens (including phenoxy) is 2. The van der Waals surface area contributed by atoms with E-state index in [1.165, 1.54) is 6.20 Å². The van der Waals surface area contributed by atoms with Crippen LogP contribution >= 0.6 is 23.2 Å². The number of carbonyl (C=O) groups excluding carboxylic acids is 1. The first kappa shape index (κ1) is 28.2. The Kier molecular flexibility index (Phi) is 9.54. The van der Waals surface area contributed by atoms with Gasteiger partial charge in [-0.3, -0.25) is 9.88 Å². The molecule has 0 bridgehead atoms. The number of piperazine rings is 1. The molecule has 0 radical (unpaired) electrons. The van der Waals surface area contributed by atoms with Crippen LogP contribution < -0.4 is 15.0 Å². The Morgan fingerprint density at radius 1 is 1.11 bits per heavy atom. The number of pyridine rings is 1. The first-order chi connectivity index (χ1) is 18.3. The summed E-state index contributed by atoms with van der Waals surface area (Å²) in [7, 11) is 4.20. The summed E-state index contributed by atoms with van der Waals surface area (Å²) in [5.74, 6) is 0.303. The van der Waals surface area contributed by atoms with Gasteiger partial charge in [-0.05, 0) is 46.1 Å². The first-order valence-corrected chi connectivity index (χ1v) is 13.7. The van der Waals surface area contributed by atoms with E-state index in [0.29, 0.717) is 39.1 Å². The molecule has 1 aliphatic rings. The first-order valence-electron chi connectivity index (χ1n) is 12.9. The number of esters is 1. The van der Waals surface area contributed by atoms with Crippen molar-refractivity contribution in [3.05, 3.63) is 52.1 Å². The minimum absolute atomic E-state index is 0.251. The summed E-state index contributed by atoms with van der Waals surface area (Å²) in [6, 6.07) is 9.32. The molecule has 0 amide bonds. The maximum Gasteiger partial charge on any atom is 0.341 e. The van der Waals surface area contributed by atoms with Gasteiger partial charge >= 0.3 is 5.97 Å². The summed E-state index contributed by atoms with van der Waals surface area (Å²) in [6.07, 6.45) is 1.53. The van der Waals surface area contributed by atoms with Gasteiger partial charge in [-0.15, -0.1) is 0 Å². The van der Waals surface area contributed by atoms with Gasteiger partial charge in [0.25, 0.3) is 0 Å². The van der Waals surface area contributed by atoms with Crippen molar-refractivity contribution in [1.29, 1.82) is 0 Å². The van der Waals surface area contributed by atoms with Gasteiger partial charge in [-0.1, -0.05) is 29.3 Å². The fraction of sp³-hybridized carbons (Fsp3) is 0.429. The molecule has 1 aliphatic heterocycles. The Hall–Kier alpha value is -2.78. The molecule has 0 saturated carbocycles. The minimum Gasteiger partial charge on any atom is -0.492 e. The highest BCUT2D eigenvalue weighted by atomic mass is 35.5. The lowest BCUT2D eigenvalue weighted by Gasteiger charge is -2.37. The van der Waals surface area contributed by atoms with Crippen LogP contribution in [0.1, 0.15) is 24.2 Å². The number of rotatable bonds is 10. The quantitative estimate of drug-likeness (QED) is 0.324. The van der Waals surface area contributed by atoms with E-state index in [-0.39, 0.29) is 6.61 Å². The van der Waals surface area contributed by atoms with E-state index in [2.05, 4.69) is 39.1 Å². The maximum absolute atomic E-state index is 12.9. The van der Waals surface area contributed by atoms with Crippen LogP contribution in [0.2, 0.25) is 10.0 Å². The Morgan fingerprint density at radius 2 is 1.87 bits per heavy atom. The Bertz CT molecular complexity index is 1280. The van der Waals surface area contributed by atoms with Crippen molar-refractivity contribution in [3.63, 3.8) is 0 Å². The third-order valence-electron chi connectivity index (χ3n) is 6.53. The lowest BCUT2D eigenvalue weighted by Crippen LogP contribution is -2.48. The molecule has 0 spiro atoms. The van der Waals surface area contributed by atoms with Crippen molar-refractivity contribution in [3.8, 4) is 5.75 Å². The number of nitrogens with one attached hydrogen (secondary N) is 1. The van der Waals surface area contributed by atoms with E-state index in [1.54, 1.807) is 19.1 Å². The zero-order valence-electron chi connectivity index (χ0n) is 22.4. The highest BCUT2D eigenvalue weighted by molar-refractivity contribution is 6.43. The molecule has 10 heteroatoms. The molecule has 8 nitrogen and oxygen atoms in total. The van der Waals surface area contributed by atoms with Gasteiger partial charge in [0.1, 0.15) is 11.3 Å². The smallest absolute Gasteiger partial charge is 0.341 e. The Balaban J connectivity index is 1.78. The summed E-state index contributed by atoms with van der Waals surface area (Å²) in [5.41, 5.74) is 3.12. The van der Waals surface area contributed by atoms with E-state index in [4.69, 9.17) is 32.7 Å². The van der Waals surface area contributed by atoms with Crippen molar-refractivity contribution < 1.29 is 14.3 Å². The number of hydrogen-bond donors (Lipinski definition) is 1. The molecule has 204 valence electrons. The number of nitrogens with zero attached hydrogens (tertiary/aromatic N) is 4. The summed E-state index contributed by atoms with van der Waals surface area (Å²) in [5, 5.41) is 4.90. The van der Waals surface area contributed by atoms with Gasteiger partial charge in [0.2, 0.25) is 0 Å². The third kappa shape index (κ3) is 6.43. The van der Waals surface area contributed by atoms with Crippen LogP contribution in [-0.2, 0) is 4.74 Å². The number of halogens is 2. The molecule has 1 fully saturated rings. The van der Waals surface area contributed by atoms with Gasteiger partial charge in [0, 0.05) is 56.9 Å². The average molecular weight is 561 g/mol. The van der Waals surface area contributed by atoms with Gasteiger partial charge in [-0.2, -0.15) is 0 Å². The molecule has 1 aromatic heterocycles. The van der Waals surface area contributed by atoms with E-state index in [9.17, 15) is 4.79 Å². The molecular formula is C28H35Cl2N5O3. The van der Waals surface area contributed by atoms with Crippen LogP contribution in [0.15, 0.2) is 36.5 Å². The fourth-order valence-electron chi connectivity index (χ4n) is 4.51. The highest BCUT2D eigenvalue weighted by Gasteiger charge is 2.24. The highest BCUT2D eigenvalue weighted by Crippen LogP contribution is 2.40. The van der Waals surface area contributed by atoms with Crippen LogP contribution in [0.25, 0.3) is 10.9 Å². The molecule has 0 atom stereocenters. The molecule has 38 heavy (non-hydrogen) atoms. The van der Waals surface area contributed by atoms with Gasteiger partial charge in [-0.25, -0.2) is 4.79 Å². The van der Waals surface area contributed by atoms with Crippen LogP contribution in [0.3, 0.4) is 0 Å². The molecular weight excluding hydrogens is 525 g/mol. The summed E-state index contributed by atoms with van der Waals surface area (Å²) in [4.78, 5) is 24.6. The van der Waals surface area contributed by atoms with Crippen molar-refractivity contribution >= 4 is 57.1 Å². The third-order valence-corrected chi connectivity index (χ3v) is 7.35. The predicted molar refractivity (Wildman–Crippen MR) is 156 cm³/mol. The van der Waals surface area contributed by atoms with Gasteiger partial charge < -0.3 is 24.6 Å². The maximum atomic E-state index is 12.9. The largest absolute Gasteiger partial charge is 0.492 e. The second-order valence-electron chi connectivity index (χ2n) is 9.40. The second-order valence-corrected chi connectivity index (χ2v) is 10.2. The molecule has 0 aliphatic carbocycles. The zero-order chi connectivity index (χ0) is 27.2. The van der Waals surface area contributed by atoms with E-state index < -0.39 is 5.97 Å². The van der Waals surface area contributed by atoms with Crippen molar-refractivity contribution in [2.24, 2.45) is 0 Å². The summed E-state index contributed by atoms with van der Waals surface area (Å²) < 4.78 is 11.4. The topological polar surface area (TPSA) is 70.2 Å². The molecule has 2 heterocycles. The van der Waals surface area contributed by atoms with Crippen molar-refractivity contribution in [1.82, 2.24) is 14.8 Å². The number of aromatic nitrogens is 1. The van der Waals surface area contributed by atoms with E-state index >= 15 is 0 Å².